The van der Waals surface area contributed by atoms with Gasteiger partial charge in [-0.15, -0.1) is 0 Å². The van der Waals surface area contributed by atoms with E-state index in [4.69, 9.17) is 0 Å². The Morgan fingerprint density at radius 1 is 1.16 bits per heavy atom. The maximum absolute atomic E-state index is 12.2. The first kappa shape index (κ1) is 16.1. The average Bonchev–Trinajstić information content (AvgIpc) is 3.04. The van der Waals surface area contributed by atoms with Crippen molar-refractivity contribution >= 4 is 23.4 Å². The maximum Gasteiger partial charge on any atom is 0.263 e. The van der Waals surface area contributed by atoms with E-state index in [0.29, 0.717) is 23.0 Å². The molecule has 25 heavy (non-hydrogen) atoms. The molecule has 1 amide bonds. The number of fused-ring (bicyclic) bond motifs is 1. The van der Waals surface area contributed by atoms with Crippen LogP contribution in [-0.4, -0.2) is 81.3 Å². The molecule has 0 aliphatic carbocycles. The molecule has 0 spiro atoms. The van der Waals surface area contributed by atoms with E-state index in [2.05, 4.69) is 24.9 Å². The van der Waals surface area contributed by atoms with Crippen LogP contribution in [0.5, 0.6) is 0 Å². The third kappa shape index (κ3) is 2.99. The van der Waals surface area contributed by atoms with Crippen LogP contribution in [0.4, 0.5) is 5.95 Å². The molecule has 9 heteroatoms. The number of H-pyrrole nitrogens is 1. The highest BCUT2D eigenvalue weighted by Crippen LogP contribution is 2.19. The first-order valence-corrected chi connectivity index (χ1v) is 8.76. The van der Waals surface area contributed by atoms with E-state index in [9.17, 15) is 9.59 Å². The average molecular weight is 345 g/mol. The Kier molecular flexibility index (Phi) is 4.16. The topological polar surface area (TPSA) is 90.4 Å². The van der Waals surface area contributed by atoms with Crippen molar-refractivity contribution < 1.29 is 4.79 Å². The maximum atomic E-state index is 12.2. The summed E-state index contributed by atoms with van der Waals surface area (Å²) in [5, 5.41) is 4.63. The van der Waals surface area contributed by atoms with Crippen molar-refractivity contribution in [2.45, 2.75) is 18.9 Å². The highest BCUT2D eigenvalue weighted by atomic mass is 16.1. The molecule has 134 valence electrons. The summed E-state index contributed by atoms with van der Waals surface area (Å²) in [7, 11) is 1.79. The van der Waals surface area contributed by atoms with Crippen molar-refractivity contribution in [3.05, 3.63) is 16.6 Å². The summed E-state index contributed by atoms with van der Waals surface area (Å²) in [6, 6.07) is 0.546. The van der Waals surface area contributed by atoms with E-state index in [1.54, 1.807) is 17.9 Å². The van der Waals surface area contributed by atoms with Gasteiger partial charge in [0.05, 0.1) is 6.20 Å². The van der Waals surface area contributed by atoms with Gasteiger partial charge in [0.25, 0.3) is 5.56 Å². The van der Waals surface area contributed by atoms with Gasteiger partial charge in [-0.05, 0) is 12.8 Å². The first-order chi connectivity index (χ1) is 12.2. The third-order valence-corrected chi connectivity index (χ3v) is 5.37. The lowest BCUT2D eigenvalue weighted by Gasteiger charge is -2.42. The standard InChI is InChI=1S/C16H23N7O2/c1-20-14-13(10-17-20)15(25)19-16(18-14)23-8-6-22(7-9-23)12-2-4-21(11-24)5-3-12/h10-12H,2-9H2,1H3,(H,18,19,25). The lowest BCUT2D eigenvalue weighted by molar-refractivity contribution is -0.119. The molecule has 0 atom stereocenters. The van der Waals surface area contributed by atoms with Crippen LogP contribution in [0, 0.1) is 0 Å². The molecule has 2 aliphatic rings. The summed E-state index contributed by atoms with van der Waals surface area (Å²) in [6.45, 7) is 5.25. The molecule has 0 bridgehead atoms. The molecule has 1 N–H and O–H groups in total. The molecule has 0 unspecified atom stereocenters. The zero-order valence-corrected chi connectivity index (χ0v) is 14.4. The number of rotatable bonds is 3. The Balaban J connectivity index is 1.43. The summed E-state index contributed by atoms with van der Waals surface area (Å²) in [6.07, 6.45) is 4.57. The number of hydrogen-bond acceptors (Lipinski definition) is 6. The monoisotopic (exact) mass is 345 g/mol. The van der Waals surface area contributed by atoms with Gasteiger partial charge < -0.3 is 9.80 Å². The van der Waals surface area contributed by atoms with Gasteiger partial charge in [0.15, 0.2) is 5.65 Å². The Labute approximate surface area is 145 Å². The van der Waals surface area contributed by atoms with Crippen molar-refractivity contribution in [2.75, 3.05) is 44.2 Å². The van der Waals surface area contributed by atoms with Crippen molar-refractivity contribution in [2.24, 2.45) is 7.05 Å². The number of nitrogens with one attached hydrogen (secondary N) is 1. The fourth-order valence-corrected chi connectivity index (χ4v) is 3.83. The Bertz CT molecular complexity index is 813. The van der Waals surface area contributed by atoms with Crippen molar-refractivity contribution in [1.29, 1.82) is 0 Å². The zero-order valence-electron chi connectivity index (χ0n) is 14.4. The molecule has 4 heterocycles. The lowest BCUT2D eigenvalue weighted by atomic mass is 10.0. The molecule has 2 saturated heterocycles. The second kappa shape index (κ2) is 6.47. The number of piperidine rings is 1. The highest BCUT2D eigenvalue weighted by Gasteiger charge is 2.28. The van der Waals surface area contributed by atoms with Crippen LogP contribution in [0.15, 0.2) is 11.0 Å². The number of aromatic nitrogens is 4. The molecule has 2 aliphatic heterocycles. The molecule has 9 nitrogen and oxygen atoms in total. The largest absolute Gasteiger partial charge is 0.345 e. The van der Waals surface area contributed by atoms with Gasteiger partial charge in [0, 0.05) is 52.4 Å². The van der Waals surface area contributed by atoms with Gasteiger partial charge in [-0.3, -0.25) is 24.2 Å². The van der Waals surface area contributed by atoms with Crippen molar-refractivity contribution in [3.63, 3.8) is 0 Å². The van der Waals surface area contributed by atoms with E-state index in [1.165, 1.54) is 0 Å². The van der Waals surface area contributed by atoms with Crippen LogP contribution >= 0.6 is 0 Å². The summed E-state index contributed by atoms with van der Waals surface area (Å²) in [4.78, 5) is 37.0. The number of nitrogens with zero attached hydrogens (tertiary/aromatic N) is 6. The fraction of sp³-hybridized carbons (Fsp3) is 0.625. The van der Waals surface area contributed by atoms with Crippen LogP contribution in [0.1, 0.15) is 12.8 Å². The van der Waals surface area contributed by atoms with Gasteiger partial charge in [-0.2, -0.15) is 10.1 Å². The first-order valence-electron chi connectivity index (χ1n) is 8.76. The number of piperazine rings is 1. The molecule has 0 saturated carbocycles. The van der Waals surface area contributed by atoms with Gasteiger partial charge in [-0.1, -0.05) is 0 Å². The summed E-state index contributed by atoms with van der Waals surface area (Å²) in [5.74, 6) is 0.622. The molecule has 2 aromatic rings. The third-order valence-electron chi connectivity index (χ3n) is 5.37. The van der Waals surface area contributed by atoms with Gasteiger partial charge in [0.2, 0.25) is 12.4 Å². The second-order valence-electron chi connectivity index (χ2n) is 6.79. The Morgan fingerprint density at radius 2 is 1.88 bits per heavy atom. The summed E-state index contributed by atoms with van der Waals surface area (Å²) >= 11 is 0. The minimum absolute atomic E-state index is 0.142. The predicted molar refractivity (Wildman–Crippen MR) is 93.6 cm³/mol. The number of hydrogen-bond donors (Lipinski definition) is 1. The van der Waals surface area contributed by atoms with Crippen LogP contribution in [0.3, 0.4) is 0 Å². The molecular formula is C16H23N7O2. The summed E-state index contributed by atoms with van der Waals surface area (Å²) < 4.78 is 1.63. The number of aryl methyl sites for hydroxylation is 1. The quantitative estimate of drug-likeness (QED) is 0.747. The molecule has 2 aromatic heterocycles. The number of amides is 1. The van der Waals surface area contributed by atoms with E-state index in [1.807, 2.05) is 4.90 Å². The minimum atomic E-state index is -0.142. The van der Waals surface area contributed by atoms with Gasteiger partial charge >= 0.3 is 0 Å². The fourth-order valence-electron chi connectivity index (χ4n) is 3.83. The smallest absolute Gasteiger partial charge is 0.263 e. The van der Waals surface area contributed by atoms with Crippen molar-refractivity contribution in [1.82, 2.24) is 29.5 Å². The number of likely N-dealkylation sites (tertiary alicyclic amines) is 1. The number of anilines is 1. The van der Waals surface area contributed by atoms with Gasteiger partial charge in [-0.25, -0.2) is 0 Å². The molecule has 2 fully saturated rings. The minimum Gasteiger partial charge on any atom is -0.345 e. The number of carbonyl (C=O) groups is 1. The second-order valence-corrected chi connectivity index (χ2v) is 6.79. The molecule has 0 aromatic carbocycles. The molecule has 4 rings (SSSR count). The SMILES string of the molecule is Cn1ncc2c(=O)[nH]c(N3CCN(C4CCN(C=O)CC4)CC3)nc21. The number of carbonyl (C=O) groups excluding carboxylic acids is 1. The Hall–Kier alpha value is -2.42. The van der Waals surface area contributed by atoms with E-state index >= 15 is 0 Å². The van der Waals surface area contributed by atoms with Crippen LogP contribution < -0.4 is 10.5 Å². The van der Waals surface area contributed by atoms with Crippen LogP contribution in [0.25, 0.3) is 11.0 Å². The van der Waals surface area contributed by atoms with Gasteiger partial charge in [0.1, 0.15) is 5.39 Å². The number of aromatic amines is 1. The Morgan fingerprint density at radius 3 is 2.56 bits per heavy atom. The lowest BCUT2D eigenvalue weighted by Crippen LogP contribution is -2.53. The van der Waals surface area contributed by atoms with E-state index < -0.39 is 0 Å². The zero-order chi connectivity index (χ0) is 17.4. The van der Waals surface area contributed by atoms with Crippen LogP contribution in [-0.2, 0) is 11.8 Å². The molecular weight excluding hydrogens is 322 g/mol. The summed E-state index contributed by atoms with van der Waals surface area (Å²) in [5.41, 5.74) is 0.471. The normalized spacial score (nSPS) is 20.4. The highest BCUT2D eigenvalue weighted by molar-refractivity contribution is 5.74. The van der Waals surface area contributed by atoms with Crippen molar-refractivity contribution in [3.8, 4) is 0 Å². The van der Waals surface area contributed by atoms with Crippen LogP contribution in [0.2, 0.25) is 0 Å². The molecule has 0 radical (unpaired) electrons. The van der Waals surface area contributed by atoms with E-state index in [-0.39, 0.29) is 5.56 Å². The van der Waals surface area contributed by atoms with E-state index in [0.717, 1.165) is 58.5 Å². The predicted octanol–water partition coefficient (Wildman–Crippen LogP) is -0.601.